The molecule has 0 saturated carbocycles. The van der Waals surface area contributed by atoms with E-state index in [-0.39, 0.29) is 43.1 Å². The number of piperidine rings is 1. The average molecular weight is 392 g/mol. The number of halogens is 2. The van der Waals surface area contributed by atoms with Crippen LogP contribution in [0.2, 0.25) is 5.02 Å². The molecule has 0 unspecified atom stereocenters. The summed E-state index contributed by atoms with van der Waals surface area (Å²) in [7, 11) is 0. The molecule has 0 aliphatic carbocycles. The van der Waals surface area contributed by atoms with Gasteiger partial charge in [0.05, 0.1) is 6.54 Å². The predicted molar refractivity (Wildman–Crippen MR) is 101 cm³/mol. The Morgan fingerprint density at radius 1 is 1.38 bits per heavy atom. The molecule has 2 N–H and O–H groups in total. The summed E-state index contributed by atoms with van der Waals surface area (Å²) in [6, 6.07) is 3.20. The first kappa shape index (κ1) is 11.9. The normalized spacial score (nSPS) is 22.4. The van der Waals surface area contributed by atoms with Crippen molar-refractivity contribution in [2.75, 3.05) is 26.1 Å². The number of hydrogen-bond donors (Lipinski definition) is 2. The summed E-state index contributed by atoms with van der Waals surface area (Å²) in [4.78, 5) is 26.5. The van der Waals surface area contributed by atoms with Crippen LogP contribution in [0.5, 0.6) is 0 Å². The zero-order valence-electron chi connectivity index (χ0n) is 22.4. The van der Waals surface area contributed by atoms with Crippen LogP contribution in [0.4, 0.5) is 4.39 Å². The molecule has 1 heterocycles. The molecule has 2 amide bonds. The molecule has 1 fully saturated rings. The molecule has 1 saturated heterocycles. The molecule has 0 aromatic heterocycles. The Kier molecular flexibility index (Phi) is 4.05. The van der Waals surface area contributed by atoms with Gasteiger partial charge in [0.2, 0.25) is 5.91 Å². The summed E-state index contributed by atoms with van der Waals surface area (Å²) < 4.78 is 75.2. The van der Waals surface area contributed by atoms with Crippen molar-refractivity contribution < 1.29 is 24.9 Å². The van der Waals surface area contributed by atoms with E-state index in [4.69, 9.17) is 22.6 Å². The van der Waals surface area contributed by atoms with Gasteiger partial charge in [-0.05, 0) is 70.7 Å². The van der Waals surface area contributed by atoms with Crippen molar-refractivity contribution >= 4 is 23.4 Å². The van der Waals surface area contributed by atoms with Crippen molar-refractivity contribution in [1.29, 1.82) is 0 Å². The van der Waals surface area contributed by atoms with E-state index in [9.17, 15) is 14.0 Å². The Morgan fingerprint density at radius 2 is 2.08 bits per heavy atom. The minimum absolute atomic E-state index is 0.00498. The number of nitrogens with one attached hydrogen (secondary N) is 2. The van der Waals surface area contributed by atoms with Gasteiger partial charge in [0, 0.05) is 33.6 Å². The van der Waals surface area contributed by atoms with E-state index in [1.54, 1.807) is 4.90 Å². The molecular formula is C19H27ClFN3O2. The summed E-state index contributed by atoms with van der Waals surface area (Å²) in [5, 5.41) is 4.41. The lowest BCUT2D eigenvalue weighted by Gasteiger charge is -2.32. The van der Waals surface area contributed by atoms with E-state index in [0.29, 0.717) is 0 Å². The van der Waals surface area contributed by atoms with E-state index < -0.39 is 49.3 Å². The standard InChI is InChI=1S/C19H27ClFN3O2/c1-19(2,3)23-17(25)12-24-6-4-13(5-7-24)11-22-18(26)14-8-15(20)10-16(21)9-14/h8-10,13H,4-7,11-12H2,1-3H3,(H,22,26)(H,23,25)/i1D3,2D3,11D2. The first-order valence-electron chi connectivity index (χ1n) is 12.2. The number of amides is 2. The molecule has 144 valence electrons. The van der Waals surface area contributed by atoms with Gasteiger partial charge in [-0.25, -0.2) is 4.39 Å². The van der Waals surface area contributed by atoms with Gasteiger partial charge in [-0.3, -0.25) is 14.5 Å². The van der Waals surface area contributed by atoms with Crippen LogP contribution in [-0.4, -0.2) is 48.4 Å². The van der Waals surface area contributed by atoms with Gasteiger partial charge in [-0.2, -0.15) is 0 Å². The van der Waals surface area contributed by atoms with Crippen LogP contribution in [0.15, 0.2) is 18.2 Å². The van der Waals surface area contributed by atoms with Crippen molar-refractivity contribution in [3.8, 4) is 0 Å². The van der Waals surface area contributed by atoms with Gasteiger partial charge < -0.3 is 10.6 Å². The molecule has 1 aliphatic rings. The second kappa shape index (κ2) is 8.82. The Hall–Kier alpha value is -1.66. The van der Waals surface area contributed by atoms with Crippen molar-refractivity contribution in [2.45, 2.75) is 39.0 Å². The first-order valence-corrected chi connectivity index (χ1v) is 8.55. The van der Waals surface area contributed by atoms with E-state index in [1.165, 1.54) is 6.07 Å². The molecule has 0 radical (unpaired) electrons. The molecule has 0 atom stereocenters. The Bertz CT molecular complexity index is 884. The molecule has 0 spiro atoms. The number of carbonyl (C=O) groups excluding carboxylic acids is 2. The number of likely N-dealkylation sites (tertiary alicyclic amines) is 1. The van der Waals surface area contributed by atoms with E-state index in [1.807, 2.05) is 0 Å². The highest BCUT2D eigenvalue weighted by molar-refractivity contribution is 6.31. The van der Waals surface area contributed by atoms with Gasteiger partial charge in [-0.15, -0.1) is 0 Å². The fraction of sp³-hybridized carbons (Fsp3) is 0.579. The summed E-state index contributed by atoms with van der Waals surface area (Å²) in [6.07, 6.45) is 0.528. The zero-order valence-corrected chi connectivity index (χ0v) is 15.1. The maximum atomic E-state index is 13.5. The molecule has 1 aromatic rings. The summed E-state index contributed by atoms with van der Waals surface area (Å²) in [5.74, 6) is -2.91. The highest BCUT2D eigenvalue weighted by Gasteiger charge is 2.23. The lowest BCUT2D eigenvalue weighted by Crippen LogP contribution is -2.48. The third kappa shape index (κ3) is 6.92. The second-order valence-corrected chi connectivity index (χ2v) is 6.92. The van der Waals surface area contributed by atoms with E-state index >= 15 is 0 Å². The highest BCUT2D eigenvalue weighted by atomic mass is 35.5. The molecule has 2 rings (SSSR count). The van der Waals surface area contributed by atoms with Crippen LogP contribution < -0.4 is 10.6 Å². The molecule has 7 heteroatoms. The third-order valence-electron chi connectivity index (χ3n) is 3.86. The van der Waals surface area contributed by atoms with Gasteiger partial charge in [-0.1, -0.05) is 11.6 Å². The number of rotatable bonds is 5. The van der Waals surface area contributed by atoms with Crippen LogP contribution in [0.25, 0.3) is 0 Å². The zero-order chi connectivity index (χ0) is 26.1. The molecule has 0 bridgehead atoms. The van der Waals surface area contributed by atoms with Gasteiger partial charge >= 0.3 is 0 Å². The molecule has 5 nitrogen and oxygen atoms in total. The Morgan fingerprint density at radius 3 is 2.69 bits per heavy atom. The van der Waals surface area contributed by atoms with Crippen LogP contribution in [0.1, 0.15) is 54.8 Å². The largest absolute Gasteiger partial charge is 0.352 e. The van der Waals surface area contributed by atoms with Crippen molar-refractivity contribution in [2.24, 2.45) is 5.92 Å². The van der Waals surface area contributed by atoms with E-state index in [2.05, 4.69) is 10.6 Å². The van der Waals surface area contributed by atoms with Gasteiger partial charge in [0.15, 0.2) is 0 Å². The van der Waals surface area contributed by atoms with Crippen molar-refractivity contribution in [3.05, 3.63) is 34.6 Å². The molecule has 1 aliphatic heterocycles. The average Bonchev–Trinajstić information content (AvgIpc) is 2.65. The lowest BCUT2D eigenvalue weighted by molar-refractivity contribution is -0.124. The van der Waals surface area contributed by atoms with Crippen LogP contribution in [-0.2, 0) is 4.79 Å². The minimum Gasteiger partial charge on any atom is -0.352 e. The third-order valence-corrected chi connectivity index (χ3v) is 4.08. The van der Waals surface area contributed by atoms with Crippen molar-refractivity contribution in [1.82, 2.24) is 15.5 Å². The van der Waals surface area contributed by atoms with Crippen LogP contribution in [0.3, 0.4) is 0 Å². The number of carbonyl (C=O) groups is 2. The van der Waals surface area contributed by atoms with Gasteiger partial charge in [0.1, 0.15) is 5.82 Å². The maximum absolute atomic E-state index is 13.5. The predicted octanol–water partition coefficient (Wildman–Crippen LogP) is 2.84. The number of nitrogens with zero attached hydrogens (tertiary/aromatic N) is 1. The smallest absolute Gasteiger partial charge is 0.251 e. The SMILES string of the molecule is [2H]C([2H])(NC(=O)c1cc(F)cc(Cl)c1)C1CCN(CC(=O)NC(C)(C([2H])([2H])[2H])C([2H])([2H])[2H])CC1. The van der Waals surface area contributed by atoms with E-state index in [0.717, 1.165) is 19.1 Å². The van der Waals surface area contributed by atoms with Crippen LogP contribution in [0, 0.1) is 11.7 Å². The molecule has 1 aromatic carbocycles. The highest BCUT2D eigenvalue weighted by Crippen LogP contribution is 2.17. The number of benzene rings is 1. The topological polar surface area (TPSA) is 61.4 Å². The fourth-order valence-electron chi connectivity index (χ4n) is 2.68. The molecular weight excluding hydrogens is 357 g/mol. The Balaban J connectivity index is 1.95. The summed E-state index contributed by atoms with van der Waals surface area (Å²) in [5.41, 5.74) is -2.54. The molecule has 26 heavy (non-hydrogen) atoms. The summed E-state index contributed by atoms with van der Waals surface area (Å²) >= 11 is 5.75. The number of hydrogen-bond acceptors (Lipinski definition) is 3. The fourth-order valence-corrected chi connectivity index (χ4v) is 2.90. The quantitative estimate of drug-likeness (QED) is 0.811. The van der Waals surface area contributed by atoms with Crippen LogP contribution >= 0.6 is 11.6 Å². The minimum atomic E-state index is -2.96. The van der Waals surface area contributed by atoms with Crippen molar-refractivity contribution in [3.63, 3.8) is 0 Å². The lowest BCUT2D eigenvalue weighted by atomic mass is 9.96. The first-order chi connectivity index (χ1) is 15.4. The Labute approximate surface area is 170 Å². The monoisotopic (exact) mass is 391 g/mol. The maximum Gasteiger partial charge on any atom is 0.251 e. The summed E-state index contributed by atoms with van der Waals surface area (Å²) in [6.45, 7) is -6.81. The second-order valence-electron chi connectivity index (χ2n) is 6.48. The van der Waals surface area contributed by atoms with Gasteiger partial charge in [0.25, 0.3) is 5.91 Å².